The molecule has 0 bridgehead atoms. The first-order valence-corrected chi connectivity index (χ1v) is 12.9. The number of ether oxygens (including phenoxy) is 4. The summed E-state index contributed by atoms with van der Waals surface area (Å²) in [7, 11) is 0. The van der Waals surface area contributed by atoms with E-state index in [0.29, 0.717) is 31.2 Å². The minimum atomic E-state index is -0.531. The number of urea groups is 1. The Balaban J connectivity index is 1.47. The van der Waals surface area contributed by atoms with Gasteiger partial charge in [-0.1, -0.05) is 12.1 Å². The van der Waals surface area contributed by atoms with E-state index in [1.807, 2.05) is 35.7 Å². The minimum absolute atomic E-state index is 0.147. The van der Waals surface area contributed by atoms with Crippen LogP contribution in [0.2, 0.25) is 0 Å². The van der Waals surface area contributed by atoms with Crippen LogP contribution in [0.15, 0.2) is 35.7 Å². The predicted octanol–water partition coefficient (Wildman–Crippen LogP) is 2.76. The van der Waals surface area contributed by atoms with Gasteiger partial charge in [0.25, 0.3) is 0 Å². The van der Waals surface area contributed by atoms with Crippen molar-refractivity contribution in [1.29, 1.82) is 0 Å². The second kappa shape index (κ2) is 12.6. The molecule has 1 N–H and O–H groups in total. The van der Waals surface area contributed by atoms with Crippen molar-refractivity contribution in [2.45, 2.75) is 39.0 Å². The molecule has 1 unspecified atom stereocenters. The lowest BCUT2D eigenvalue weighted by Gasteiger charge is -2.29. The lowest BCUT2D eigenvalue weighted by Crippen LogP contribution is -2.49. The van der Waals surface area contributed by atoms with Crippen LogP contribution in [0, 0.1) is 0 Å². The van der Waals surface area contributed by atoms with Crippen molar-refractivity contribution in [2.75, 3.05) is 39.6 Å². The molecule has 1 atom stereocenters. The summed E-state index contributed by atoms with van der Waals surface area (Å²) in [6.07, 6.45) is 1.57. The van der Waals surface area contributed by atoms with Crippen molar-refractivity contribution < 1.29 is 33.3 Å². The molecule has 2 aromatic rings. The molecule has 0 spiro atoms. The molecule has 4 rings (SSSR count). The highest BCUT2D eigenvalue weighted by atomic mass is 32.1. The van der Waals surface area contributed by atoms with Crippen LogP contribution < -0.4 is 14.8 Å². The predicted molar refractivity (Wildman–Crippen MR) is 132 cm³/mol. The molecule has 194 valence electrons. The molecule has 1 aromatic carbocycles. The third-order valence-electron chi connectivity index (χ3n) is 5.84. The van der Waals surface area contributed by atoms with Gasteiger partial charge in [0.2, 0.25) is 12.7 Å². The van der Waals surface area contributed by atoms with Gasteiger partial charge in [0.1, 0.15) is 13.1 Å². The average molecular weight is 518 g/mol. The van der Waals surface area contributed by atoms with Gasteiger partial charge in [0.05, 0.1) is 19.3 Å². The van der Waals surface area contributed by atoms with Gasteiger partial charge in [0, 0.05) is 24.6 Å². The Morgan fingerprint density at radius 3 is 2.75 bits per heavy atom. The van der Waals surface area contributed by atoms with E-state index in [1.165, 1.54) is 4.90 Å². The van der Waals surface area contributed by atoms with E-state index in [-0.39, 0.29) is 45.0 Å². The first kappa shape index (κ1) is 25.8. The van der Waals surface area contributed by atoms with Gasteiger partial charge >= 0.3 is 12.0 Å². The summed E-state index contributed by atoms with van der Waals surface area (Å²) in [6.45, 7) is 3.32. The Bertz CT molecular complexity index is 1040. The first-order chi connectivity index (χ1) is 17.5. The number of thiophene rings is 1. The molecular formula is C25H31N3O7S. The summed E-state index contributed by atoms with van der Waals surface area (Å²) >= 11 is 1.56. The fourth-order valence-corrected chi connectivity index (χ4v) is 4.79. The molecule has 0 aliphatic carbocycles. The van der Waals surface area contributed by atoms with Gasteiger partial charge in [-0.25, -0.2) is 4.79 Å². The maximum Gasteiger partial charge on any atom is 0.325 e. The van der Waals surface area contributed by atoms with E-state index < -0.39 is 12.0 Å². The number of hydrogen-bond acceptors (Lipinski definition) is 8. The van der Waals surface area contributed by atoms with Crippen LogP contribution in [0.5, 0.6) is 11.5 Å². The number of hydrogen-bond donors (Lipinski definition) is 1. The van der Waals surface area contributed by atoms with Crippen molar-refractivity contribution in [3.63, 3.8) is 0 Å². The van der Waals surface area contributed by atoms with Crippen LogP contribution in [-0.4, -0.2) is 73.5 Å². The second-order valence-corrected chi connectivity index (χ2v) is 9.53. The van der Waals surface area contributed by atoms with Crippen molar-refractivity contribution in [1.82, 2.24) is 15.1 Å². The lowest BCUT2D eigenvalue weighted by atomic mass is 10.1. The van der Waals surface area contributed by atoms with Crippen LogP contribution >= 0.6 is 11.3 Å². The summed E-state index contributed by atoms with van der Waals surface area (Å²) in [4.78, 5) is 42.4. The van der Waals surface area contributed by atoms with Crippen molar-refractivity contribution in [3.05, 3.63) is 46.2 Å². The van der Waals surface area contributed by atoms with Crippen molar-refractivity contribution >= 4 is 29.2 Å². The number of nitrogens with one attached hydrogen (secondary N) is 1. The molecule has 2 aliphatic rings. The maximum atomic E-state index is 13.6. The van der Waals surface area contributed by atoms with E-state index in [4.69, 9.17) is 18.9 Å². The summed E-state index contributed by atoms with van der Waals surface area (Å²) in [5.74, 6) is 0.576. The van der Waals surface area contributed by atoms with Gasteiger partial charge in [0.15, 0.2) is 11.5 Å². The number of carbonyl (C=O) groups excluding carboxylic acids is 3. The molecule has 1 fully saturated rings. The molecule has 2 aliphatic heterocycles. The molecule has 36 heavy (non-hydrogen) atoms. The Morgan fingerprint density at radius 2 is 2.00 bits per heavy atom. The highest BCUT2D eigenvalue weighted by Crippen LogP contribution is 2.33. The number of esters is 1. The van der Waals surface area contributed by atoms with Crippen molar-refractivity contribution in [3.8, 4) is 11.5 Å². The number of amides is 3. The number of nitrogens with zero attached hydrogens (tertiary/aromatic N) is 2. The maximum absolute atomic E-state index is 13.6. The van der Waals surface area contributed by atoms with Crippen LogP contribution in [0.1, 0.15) is 30.2 Å². The minimum Gasteiger partial charge on any atom is -0.465 e. The van der Waals surface area contributed by atoms with Crippen LogP contribution in [0.25, 0.3) is 0 Å². The Kier molecular flexibility index (Phi) is 9.01. The van der Waals surface area contributed by atoms with E-state index in [0.717, 1.165) is 23.3 Å². The Hall–Kier alpha value is -3.31. The van der Waals surface area contributed by atoms with E-state index in [1.54, 1.807) is 23.2 Å². The summed E-state index contributed by atoms with van der Waals surface area (Å²) in [5.41, 5.74) is 0.890. The average Bonchev–Trinajstić information content (AvgIpc) is 3.65. The molecular weight excluding hydrogens is 486 g/mol. The monoisotopic (exact) mass is 517 g/mol. The van der Waals surface area contributed by atoms with Gasteiger partial charge in [-0.05, 0) is 48.9 Å². The van der Waals surface area contributed by atoms with Crippen LogP contribution in [0.3, 0.4) is 0 Å². The molecule has 0 radical (unpaired) electrons. The molecule has 0 saturated carbocycles. The highest BCUT2D eigenvalue weighted by molar-refractivity contribution is 7.09. The van der Waals surface area contributed by atoms with Gasteiger partial charge in [-0.3, -0.25) is 9.59 Å². The SMILES string of the molecule is CCOC(=O)CNC(=O)N(CC(=O)N(Cc1ccc2c(c1)OCO2)Cc1cccs1)CC1CCCO1. The smallest absolute Gasteiger partial charge is 0.325 e. The summed E-state index contributed by atoms with van der Waals surface area (Å²) < 4.78 is 21.5. The zero-order valence-corrected chi connectivity index (χ0v) is 21.1. The molecule has 10 nitrogen and oxygen atoms in total. The fraction of sp³-hybridized carbons (Fsp3) is 0.480. The molecule has 1 saturated heterocycles. The number of fused-ring (bicyclic) bond motifs is 1. The van der Waals surface area contributed by atoms with Gasteiger partial charge in [-0.2, -0.15) is 0 Å². The number of rotatable bonds is 11. The van der Waals surface area contributed by atoms with E-state index in [2.05, 4.69) is 5.32 Å². The third kappa shape index (κ3) is 7.11. The fourth-order valence-electron chi connectivity index (χ4n) is 4.07. The topological polar surface area (TPSA) is 107 Å². The number of benzene rings is 1. The largest absolute Gasteiger partial charge is 0.465 e. The summed E-state index contributed by atoms with van der Waals surface area (Å²) in [5, 5.41) is 4.53. The van der Waals surface area contributed by atoms with E-state index >= 15 is 0 Å². The van der Waals surface area contributed by atoms with Gasteiger partial charge < -0.3 is 34.1 Å². The summed E-state index contributed by atoms with van der Waals surface area (Å²) in [6, 6.07) is 9.01. The quantitative estimate of drug-likeness (QED) is 0.457. The van der Waals surface area contributed by atoms with Gasteiger partial charge in [-0.15, -0.1) is 11.3 Å². The first-order valence-electron chi connectivity index (χ1n) is 12.0. The van der Waals surface area contributed by atoms with Crippen molar-refractivity contribution in [2.24, 2.45) is 0 Å². The number of carbonyl (C=O) groups is 3. The second-order valence-electron chi connectivity index (χ2n) is 8.50. The zero-order chi connectivity index (χ0) is 25.3. The lowest BCUT2D eigenvalue weighted by molar-refractivity contribution is -0.141. The van der Waals surface area contributed by atoms with Crippen LogP contribution in [0.4, 0.5) is 4.79 Å². The molecule has 3 amide bonds. The molecule has 1 aromatic heterocycles. The Labute approximate surface area is 214 Å². The molecule has 3 heterocycles. The van der Waals surface area contributed by atoms with Crippen LogP contribution in [-0.2, 0) is 32.2 Å². The Morgan fingerprint density at radius 1 is 1.14 bits per heavy atom. The third-order valence-corrected chi connectivity index (χ3v) is 6.70. The molecule has 11 heteroatoms. The standard InChI is InChI=1S/C25H31N3O7S/c1-2-32-24(30)12-26-25(31)28(14-19-5-3-9-33-19)16-23(29)27(15-20-6-4-10-36-20)13-18-7-8-21-22(11-18)35-17-34-21/h4,6-8,10-11,19H,2-3,5,9,12-17H2,1H3,(H,26,31). The van der Waals surface area contributed by atoms with E-state index in [9.17, 15) is 14.4 Å². The highest BCUT2D eigenvalue weighted by Gasteiger charge is 2.27. The normalized spacial score (nSPS) is 16.0. The zero-order valence-electron chi connectivity index (χ0n) is 20.3.